The van der Waals surface area contributed by atoms with E-state index >= 15 is 0 Å². The van der Waals surface area contributed by atoms with E-state index in [0.29, 0.717) is 17.0 Å². The first-order chi connectivity index (χ1) is 8.16. The Balaban J connectivity index is 2.17. The average Bonchev–Trinajstić information content (AvgIpc) is 2.32. The third-order valence-corrected chi connectivity index (χ3v) is 2.72. The van der Waals surface area contributed by atoms with Crippen LogP contribution in [-0.4, -0.2) is 15.1 Å². The molecule has 2 rings (SSSR count). The zero-order valence-electron chi connectivity index (χ0n) is 8.85. The first kappa shape index (κ1) is 12.0. The van der Waals surface area contributed by atoms with E-state index in [4.69, 9.17) is 11.6 Å². The van der Waals surface area contributed by atoms with Gasteiger partial charge in [-0.15, -0.1) is 0 Å². The second kappa shape index (κ2) is 5.21. The maximum absolute atomic E-state index is 12.9. The molecule has 88 valence electrons. The molecule has 0 saturated carbocycles. The lowest BCUT2D eigenvalue weighted by Crippen LogP contribution is -2.03. The largest absolute Gasteiger partial charge is 0.388 e. The number of pyridine rings is 2. The average molecular weight is 253 g/mol. The van der Waals surface area contributed by atoms with Gasteiger partial charge in [0.2, 0.25) is 0 Å². The second-order valence-corrected chi connectivity index (χ2v) is 4.03. The van der Waals surface area contributed by atoms with Gasteiger partial charge in [0, 0.05) is 30.6 Å². The number of hydrogen-bond acceptors (Lipinski definition) is 3. The van der Waals surface area contributed by atoms with E-state index in [1.165, 1.54) is 18.5 Å². The number of aromatic nitrogens is 2. The van der Waals surface area contributed by atoms with E-state index in [-0.39, 0.29) is 0 Å². The molecular weight excluding hydrogens is 243 g/mol. The minimum atomic E-state index is -0.835. The zero-order chi connectivity index (χ0) is 12.3. The highest BCUT2D eigenvalue weighted by molar-refractivity contribution is 6.31. The van der Waals surface area contributed by atoms with Crippen molar-refractivity contribution in [1.82, 2.24) is 9.97 Å². The number of halogens is 2. The van der Waals surface area contributed by atoms with Crippen LogP contribution in [0.4, 0.5) is 4.39 Å². The van der Waals surface area contributed by atoms with Gasteiger partial charge in [-0.2, -0.15) is 0 Å². The van der Waals surface area contributed by atoms with Gasteiger partial charge < -0.3 is 5.11 Å². The minimum Gasteiger partial charge on any atom is -0.388 e. The fourth-order valence-electron chi connectivity index (χ4n) is 1.51. The molecule has 3 nitrogen and oxygen atoms in total. The monoisotopic (exact) mass is 252 g/mol. The van der Waals surface area contributed by atoms with Crippen molar-refractivity contribution in [2.24, 2.45) is 0 Å². The highest BCUT2D eigenvalue weighted by Gasteiger charge is 2.11. The van der Waals surface area contributed by atoms with Crippen LogP contribution in [0, 0.1) is 5.82 Å². The molecule has 0 aliphatic carbocycles. The van der Waals surface area contributed by atoms with Gasteiger partial charge in [-0.25, -0.2) is 4.39 Å². The van der Waals surface area contributed by atoms with Gasteiger partial charge in [-0.3, -0.25) is 9.97 Å². The fourth-order valence-corrected chi connectivity index (χ4v) is 1.70. The number of rotatable bonds is 3. The Morgan fingerprint density at radius 3 is 2.82 bits per heavy atom. The number of aliphatic hydroxyl groups excluding tert-OH is 1. The third-order valence-electron chi connectivity index (χ3n) is 2.38. The number of aliphatic hydroxyl groups is 1. The van der Waals surface area contributed by atoms with Gasteiger partial charge in [0.25, 0.3) is 0 Å². The second-order valence-electron chi connectivity index (χ2n) is 3.62. The summed E-state index contributed by atoms with van der Waals surface area (Å²) in [5, 5.41) is 10.4. The van der Waals surface area contributed by atoms with Crippen LogP contribution in [-0.2, 0) is 6.42 Å². The lowest BCUT2D eigenvalue weighted by atomic mass is 10.0. The van der Waals surface area contributed by atoms with E-state index in [1.54, 1.807) is 12.3 Å². The van der Waals surface area contributed by atoms with Crippen molar-refractivity contribution >= 4 is 11.6 Å². The van der Waals surface area contributed by atoms with Crippen molar-refractivity contribution in [1.29, 1.82) is 0 Å². The van der Waals surface area contributed by atoms with Crippen molar-refractivity contribution in [3.8, 4) is 0 Å². The van der Waals surface area contributed by atoms with Crippen LogP contribution in [0.1, 0.15) is 17.2 Å². The van der Waals surface area contributed by atoms with Crippen molar-refractivity contribution in [3.05, 3.63) is 58.9 Å². The van der Waals surface area contributed by atoms with Crippen LogP contribution in [0.2, 0.25) is 5.02 Å². The van der Waals surface area contributed by atoms with Crippen LogP contribution in [0.25, 0.3) is 0 Å². The summed E-state index contributed by atoms with van der Waals surface area (Å²) in [6.45, 7) is 0. The summed E-state index contributed by atoms with van der Waals surface area (Å²) >= 11 is 5.92. The highest BCUT2D eigenvalue weighted by Crippen LogP contribution is 2.22. The van der Waals surface area contributed by atoms with E-state index < -0.39 is 11.9 Å². The van der Waals surface area contributed by atoms with Crippen LogP contribution in [0.5, 0.6) is 0 Å². The van der Waals surface area contributed by atoms with Gasteiger partial charge in [-0.1, -0.05) is 11.6 Å². The molecule has 0 aromatic carbocycles. The molecule has 2 heterocycles. The molecule has 0 aliphatic rings. The van der Waals surface area contributed by atoms with Gasteiger partial charge in [0.15, 0.2) is 0 Å². The quantitative estimate of drug-likeness (QED) is 0.913. The smallest absolute Gasteiger partial charge is 0.141 e. The molecule has 0 bridgehead atoms. The molecule has 0 fully saturated rings. The summed E-state index contributed by atoms with van der Waals surface area (Å²) in [7, 11) is 0. The Bertz CT molecular complexity index is 521. The van der Waals surface area contributed by atoms with Crippen LogP contribution < -0.4 is 0 Å². The first-order valence-corrected chi connectivity index (χ1v) is 5.41. The third kappa shape index (κ3) is 2.99. The summed E-state index contributed by atoms with van der Waals surface area (Å²) in [4.78, 5) is 7.54. The molecule has 2 aromatic rings. The van der Waals surface area contributed by atoms with Crippen molar-refractivity contribution in [2.45, 2.75) is 12.5 Å². The normalized spacial score (nSPS) is 12.4. The van der Waals surface area contributed by atoms with Gasteiger partial charge in [0.1, 0.15) is 5.82 Å². The molecule has 0 saturated heterocycles. The molecule has 0 radical (unpaired) electrons. The Kier molecular flexibility index (Phi) is 3.66. The van der Waals surface area contributed by atoms with Crippen LogP contribution >= 0.6 is 11.6 Å². The Hall–Kier alpha value is -1.52. The topological polar surface area (TPSA) is 46.0 Å². The van der Waals surface area contributed by atoms with Crippen LogP contribution in [0.15, 0.2) is 36.9 Å². The maximum atomic E-state index is 12.9. The number of hydrogen-bond donors (Lipinski definition) is 1. The summed E-state index contributed by atoms with van der Waals surface area (Å²) in [5.41, 5.74) is 1.19. The van der Waals surface area contributed by atoms with E-state index in [2.05, 4.69) is 9.97 Å². The van der Waals surface area contributed by atoms with Gasteiger partial charge in [0.05, 0.1) is 17.3 Å². The molecule has 1 unspecified atom stereocenters. The van der Waals surface area contributed by atoms with E-state index in [0.717, 1.165) is 11.8 Å². The molecule has 5 heteroatoms. The highest BCUT2D eigenvalue weighted by atomic mass is 35.5. The Morgan fingerprint density at radius 2 is 2.12 bits per heavy atom. The predicted molar refractivity (Wildman–Crippen MR) is 62.1 cm³/mol. The molecule has 0 aliphatic heterocycles. The molecular formula is C12H10ClFN2O. The molecule has 1 atom stereocenters. The Morgan fingerprint density at radius 1 is 1.29 bits per heavy atom. The summed E-state index contributed by atoms with van der Waals surface area (Å²) in [6, 6.07) is 2.98. The molecule has 2 aromatic heterocycles. The van der Waals surface area contributed by atoms with Crippen molar-refractivity contribution in [3.63, 3.8) is 0 Å². The summed E-state index contributed by atoms with van der Waals surface area (Å²) < 4.78 is 12.9. The van der Waals surface area contributed by atoms with Gasteiger partial charge in [-0.05, 0) is 17.7 Å². The minimum absolute atomic E-state index is 0.298. The van der Waals surface area contributed by atoms with E-state index in [9.17, 15) is 9.50 Å². The summed E-state index contributed by atoms with van der Waals surface area (Å²) in [5.74, 6) is -0.470. The fraction of sp³-hybridized carbons (Fsp3) is 0.167. The van der Waals surface area contributed by atoms with Crippen LogP contribution in [0.3, 0.4) is 0 Å². The SMILES string of the molecule is OC(Cc1ccncc1Cl)c1cncc(F)c1. The zero-order valence-corrected chi connectivity index (χ0v) is 9.60. The van der Waals surface area contributed by atoms with E-state index in [1.807, 2.05) is 0 Å². The molecule has 17 heavy (non-hydrogen) atoms. The van der Waals surface area contributed by atoms with Crippen molar-refractivity contribution in [2.75, 3.05) is 0 Å². The lowest BCUT2D eigenvalue weighted by molar-refractivity contribution is 0.177. The standard InChI is InChI=1S/C12H10ClFN2O/c13-11-7-15-2-1-8(11)4-12(17)9-3-10(14)6-16-5-9/h1-3,5-7,12,17H,4H2. The van der Waals surface area contributed by atoms with Crippen molar-refractivity contribution < 1.29 is 9.50 Å². The van der Waals surface area contributed by atoms with Gasteiger partial charge >= 0.3 is 0 Å². The molecule has 0 amide bonds. The number of nitrogens with zero attached hydrogens (tertiary/aromatic N) is 2. The summed E-state index contributed by atoms with van der Waals surface area (Å²) in [6.07, 6.45) is 5.09. The lowest BCUT2D eigenvalue weighted by Gasteiger charge is -2.11. The molecule has 0 spiro atoms. The Labute approximate surface area is 103 Å². The predicted octanol–water partition coefficient (Wildman–Crippen LogP) is 2.55. The first-order valence-electron chi connectivity index (χ1n) is 5.03. The molecule has 1 N–H and O–H groups in total. The maximum Gasteiger partial charge on any atom is 0.141 e.